The molecule has 10 heteroatoms. The molecule has 1 aliphatic rings. The van der Waals surface area contributed by atoms with E-state index < -0.39 is 36.2 Å². The van der Waals surface area contributed by atoms with Crippen LogP contribution < -0.4 is 15.5 Å². The highest BCUT2D eigenvalue weighted by Gasteiger charge is 2.37. The molecule has 3 amide bonds. The van der Waals surface area contributed by atoms with Crippen molar-refractivity contribution in [1.82, 2.24) is 10.4 Å². The summed E-state index contributed by atoms with van der Waals surface area (Å²) in [6.07, 6.45) is -0.126. The van der Waals surface area contributed by atoms with Gasteiger partial charge in [-0.1, -0.05) is 28.1 Å². The summed E-state index contributed by atoms with van der Waals surface area (Å²) in [6.45, 7) is -0.528. The maximum atomic E-state index is 12.5. The monoisotopic (exact) mass is 489 g/mol. The Hall–Kier alpha value is -3.40. The third-order valence-electron chi connectivity index (χ3n) is 4.52. The maximum absolute atomic E-state index is 12.5. The Kier molecular flexibility index (Phi) is 7.24. The third-order valence-corrected chi connectivity index (χ3v) is 5.05. The summed E-state index contributed by atoms with van der Waals surface area (Å²) in [5.41, 5.74) is 3.30. The van der Waals surface area contributed by atoms with Gasteiger partial charge in [-0.05, 0) is 36.4 Å². The van der Waals surface area contributed by atoms with Crippen molar-refractivity contribution in [1.29, 1.82) is 0 Å². The molecule has 0 aromatic heterocycles. The number of nitrogens with one attached hydrogen (secondary N) is 2. The lowest BCUT2D eigenvalue weighted by molar-refractivity contribution is -0.151. The largest absolute Gasteiger partial charge is 0.496 e. The minimum absolute atomic E-state index is 0.0487. The van der Waals surface area contributed by atoms with Crippen molar-refractivity contribution in [2.75, 3.05) is 25.6 Å². The van der Waals surface area contributed by atoms with Crippen LogP contribution >= 0.6 is 15.9 Å². The molecule has 0 aliphatic carbocycles. The van der Waals surface area contributed by atoms with Crippen LogP contribution in [0.4, 0.5) is 5.69 Å². The van der Waals surface area contributed by atoms with Crippen LogP contribution in [-0.4, -0.2) is 49.0 Å². The summed E-state index contributed by atoms with van der Waals surface area (Å²) in [5, 5.41) is 3.68. The smallest absolute Gasteiger partial charge is 0.311 e. The second-order valence-corrected chi connectivity index (χ2v) is 7.63. The Morgan fingerprint density at radius 3 is 2.55 bits per heavy atom. The van der Waals surface area contributed by atoms with Gasteiger partial charge >= 0.3 is 5.97 Å². The van der Waals surface area contributed by atoms with Gasteiger partial charge in [0.05, 0.1) is 25.1 Å². The second kappa shape index (κ2) is 10.1. The highest BCUT2D eigenvalue weighted by atomic mass is 79.9. The van der Waals surface area contributed by atoms with Crippen LogP contribution in [-0.2, 0) is 19.1 Å². The van der Waals surface area contributed by atoms with E-state index >= 15 is 0 Å². The number of carbonyl (C=O) groups excluding carboxylic acids is 4. The fourth-order valence-corrected chi connectivity index (χ4v) is 3.24. The van der Waals surface area contributed by atoms with Gasteiger partial charge in [0.15, 0.2) is 6.61 Å². The summed E-state index contributed by atoms with van der Waals surface area (Å²) in [5.74, 6) is -2.57. The molecule has 0 spiro atoms. The van der Waals surface area contributed by atoms with E-state index in [-0.39, 0.29) is 18.5 Å². The van der Waals surface area contributed by atoms with Gasteiger partial charge in [0, 0.05) is 16.6 Å². The molecule has 3 rings (SSSR count). The van der Waals surface area contributed by atoms with Crippen LogP contribution in [0.2, 0.25) is 0 Å². The number of nitrogens with zero attached hydrogens (tertiary/aromatic N) is 1. The van der Waals surface area contributed by atoms with E-state index in [0.717, 1.165) is 9.48 Å². The van der Waals surface area contributed by atoms with Gasteiger partial charge < -0.3 is 14.8 Å². The zero-order chi connectivity index (χ0) is 22.4. The zero-order valence-electron chi connectivity index (χ0n) is 16.6. The fraction of sp³-hybridized carbons (Fsp3) is 0.238. The number of hydrogen-bond acceptors (Lipinski definition) is 6. The molecule has 31 heavy (non-hydrogen) atoms. The van der Waals surface area contributed by atoms with Crippen molar-refractivity contribution >= 4 is 45.3 Å². The number of rotatable bonds is 7. The second-order valence-electron chi connectivity index (χ2n) is 6.71. The molecular weight excluding hydrogens is 470 g/mol. The summed E-state index contributed by atoms with van der Waals surface area (Å²) >= 11 is 3.30. The van der Waals surface area contributed by atoms with Crippen LogP contribution in [0.15, 0.2) is 53.0 Å². The van der Waals surface area contributed by atoms with Gasteiger partial charge in [-0.3, -0.25) is 29.6 Å². The first-order valence-electron chi connectivity index (χ1n) is 9.34. The number of esters is 1. The van der Waals surface area contributed by atoms with E-state index in [9.17, 15) is 19.2 Å². The van der Waals surface area contributed by atoms with Gasteiger partial charge in [0.1, 0.15) is 5.75 Å². The zero-order valence-corrected chi connectivity index (χ0v) is 18.2. The Bertz CT molecular complexity index is 995. The molecule has 1 atom stereocenters. The Balaban J connectivity index is 1.49. The van der Waals surface area contributed by atoms with E-state index in [2.05, 4.69) is 26.7 Å². The van der Waals surface area contributed by atoms with E-state index in [1.807, 2.05) is 0 Å². The number of amides is 3. The molecule has 0 radical (unpaired) electrons. The average Bonchev–Trinajstić information content (AvgIpc) is 3.13. The van der Waals surface area contributed by atoms with Crippen LogP contribution in [0.5, 0.6) is 5.75 Å². The molecule has 162 valence electrons. The molecule has 2 aromatic rings. The number of ether oxygens (including phenoxy) is 2. The minimum atomic E-state index is -0.786. The summed E-state index contributed by atoms with van der Waals surface area (Å²) in [6, 6.07) is 13.5. The Labute approximate surface area is 186 Å². The number of hydrazine groups is 1. The number of hydrogen-bond donors (Lipinski definition) is 2. The first kappa shape index (κ1) is 22.3. The van der Waals surface area contributed by atoms with Gasteiger partial charge in [-0.25, -0.2) is 0 Å². The van der Waals surface area contributed by atoms with Crippen molar-refractivity contribution in [2.45, 2.75) is 6.42 Å². The first-order chi connectivity index (χ1) is 14.9. The van der Waals surface area contributed by atoms with Crippen LogP contribution in [0.3, 0.4) is 0 Å². The van der Waals surface area contributed by atoms with Crippen LogP contribution in [0.1, 0.15) is 16.8 Å². The van der Waals surface area contributed by atoms with Crippen LogP contribution in [0.25, 0.3) is 0 Å². The van der Waals surface area contributed by atoms with Gasteiger partial charge in [0.25, 0.3) is 11.8 Å². The third kappa shape index (κ3) is 5.82. The summed E-state index contributed by atoms with van der Waals surface area (Å²) < 4.78 is 11.0. The fourth-order valence-electron chi connectivity index (χ4n) is 2.97. The molecule has 0 bridgehead atoms. The predicted molar refractivity (Wildman–Crippen MR) is 114 cm³/mol. The highest BCUT2D eigenvalue weighted by molar-refractivity contribution is 9.10. The molecule has 1 aliphatic heterocycles. The lowest BCUT2D eigenvalue weighted by atomic mass is 10.1. The highest BCUT2D eigenvalue weighted by Crippen LogP contribution is 2.20. The van der Waals surface area contributed by atoms with E-state index in [1.165, 1.54) is 7.11 Å². The molecule has 0 unspecified atom stereocenters. The number of methoxy groups -OCH3 is 1. The average molecular weight is 490 g/mol. The lowest BCUT2D eigenvalue weighted by Crippen LogP contribution is -2.43. The van der Waals surface area contributed by atoms with Gasteiger partial charge in [-0.15, -0.1) is 0 Å². The van der Waals surface area contributed by atoms with Crippen molar-refractivity contribution < 1.29 is 28.7 Å². The quantitative estimate of drug-likeness (QED) is 0.575. The van der Waals surface area contributed by atoms with Crippen LogP contribution in [0, 0.1) is 5.92 Å². The van der Waals surface area contributed by atoms with E-state index in [1.54, 1.807) is 48.5 Å². The summed E-state index contributed by atoms with van der Waals surface area (Å²) in [7, 11) is 1.44. The van der Waals surface area contributed by atoms with Gasteiger partial charge in [-0.2, -0.15) is 0 Å². The Morgan fingerprint density at radius 2 is 1.84 bits per heavy atom. The molecule has 1 fully saturated rings. The molecule has 9 nitrogen and oxygen atoms in total. The maximum Gasteiger partial charge on any atom is 0.311 e. The lowest BCUT2D eigenvalue weighted by Gasteiger charge is -2.18. The van der Waals surface area contributed by atoms with Crippen molar-refractivity contribution in [3.63, 3.8) is 0 Å². The summed E-state index contributed by atoms with van der Waals surface area (Å²) in [4.78, 5) is 48.9. The molecule has 2 N–H and O–H groups in total. The Morgan fingerprint density at radius 1 is 1.13 bits per heavy atom. The number of carbonyl (C=O) groups is 4. The molecule has 1 heterocycles. The number of anilines is 1. The SMILES string of the molecule is COc1ccccc1C(=O)NN1C[C@@H](C(=O)OCC(=O)Nc2ccc(Br)cc2)CC1=O. The number of benzene rings is 2. The number of para-hydroxylation sites is 1. The molecule has 2 aromatic carbocycles. The van der Waals surface area contributed by atoms with E-state index in [4.69, 9.17) is 9.47 Å². The molecule has 1 saturated heterocycles. The minimum Gasteiger partial charge on any atom is -0.496 e. The molecular formula is C21H20BrN3O6. The van der Waals surface area contributed by atoms with E-state index in [0.29, 0.717) is 11.4 Å². The van der Waals surface area contributed by atoms with Crippen molar-refractivity contribution in [3.8, 4) is 5.75 Å². The predicted octanol–water partition coefficient (Wildman–Crippen LogP) is 2.13. The standard InChI is InChI=1S/C21H20BrN3O6/c1-30-17-5-3-2-4-16(17)20(28)24-25-11-13(10-19(25)27)21(29)31-12-18(26)23-15-8-6-14(22)7-9-15/h2-9,13H,10-12H2,1H3,(H,23,26)(H,24,28)/t13-/m0/s1. The normalized spacial score (nSPS) is 15.4. The number of halogens is 1. The van der Waals surface area contributed by atoms with Crippen molar-refractivity contribution in [3.05, 3.63) is 58.6 Å². The topological polar surface area (TPSA) is 114 Å². The first-order valence-corrected chi connectivity index (χ1v) is 10.1. The molecule has 0 saturated carbocycles. The van der Waals surface area contributed by atoms with Gasteiger partial charge in [0.2, 0.25) is 5.91 Å². The van der Waals surface area contributed by atoms with Crippen molar-refractivity contribution in [2.24, 2.45) is 5.92 Å².